The maximum atomic E-state index is 13.8. The summed E-state index contributed by atoms with van der Waals surface area (Å²) in [6.07, 6.45) is 8.58. The predicted octanol–water partition coefficient (Wildman–Crippen LogP) is 4.16. The molecule has 3 fully saturated rings. The van der Waals surface area contributed by atoms with Crippen molar-refractivity contribution in [2.45, 2.75) is 49.5 Å². The average Bonchev–Trinajstić information content (AvgIpc) is 4.08. The van der Waals surface area contributed by atoms with E-state index in [1.54, 1.807) is 44.6 Å². The van der Waals surface area contributed by atoms with Crippen molar-refractivity contribution in [1.29, 1.82) is 0 Å². The van der Waals surface area contributed by atoms with Crippen LogP contribution in [0.2, 0.25) is 0 Å². The second-order valence-corrected chi connectivity index (χ2v) is 16.2. The van der Waals surface area contributed by atoms with E-state index in [9.17, 15) is 19.8 Å². The number of primary amides is 1. The number of amides is 3. The van der Waals surface area contributed by atoms with E-state index in [0.717, 1.165) is 44.3 Å². The van der Waals surface area contributed by atoms with Crippen LogP contribution in [0.25, 0.3) is 44.3 Å². The van der Waals surface area contributed by atoms with Crippen molar-refractivity contribution in [1.82, 2.24) is 29.1 Å². The zero-order valence-corrected chi connectivity index (χ0v) is 34.7. The number of aliphatic hydroxyl groups is 2. The Hall–Kier alpha value is -6.02. The maximum absolute atomic E-state index is 13.8. The van der Waals surface area contributed by atoms with Gasteiger partial charge in [-0.05, 0) is 37.6 Å². The third-order valence-electron chi connectivity index (χ3n) is 11.9. The van der Waals surface area contributed by atoms with Crippen LogP contribution in [-0.2, 0) is 42.0 Å². The molecule has 324 valence electrons. The molecule has 6 aromatic heterocycles. The molecule has 9 rings (SSSR count). The molecule has 0 spiro atoms. The molecule has 0 aliphatic carbocycles. The summed E-state index contributed by atoms with van der Waals surface area (Å²) >= 11 is 0. The van der Waals surface area contributed by atoms with Crippen LogP contribution in [0.4, 0.5) is 16.4 Å². The molecule has 3 atom stereocenters. The van der Waals surface area contributed by atoms with Crippen LogP contribution in [0.5, 0.6) is 5.75 Å². The van der Waals surface area contributed by atoms with Gasteiger partial charge in [-0.1, -0.05) is 6.07 Å². The van der Waals surface area contributed by atoms with Gasteiger partial charge < -0.3 is 54.1 Å². The molecule has 1 unspecified atom stereocenters. The third-order valence-corrected chi connectivity index (χ3v) is 11.9. The number of carbonyl (C=O) groups is 2. The van der Waals surface area contributed by atoms with Gasteiger partial charge in [0.05, 0.1) is 91.4 Å². The first-order chi connectivity index (χ1) is 29.9. The highest BCUT2D eigenvalue weighted by atomic mass is 16.6. The first-order valence-corrected chi connectivity index (χ1v) is 20.6. The average molecular weight is 848 g/mol. The van der Waals surface area contributed by atoms with E-state index >= 15 is 0 Å². The SMILES string of the molecule is CO[C@@]1(c2cc(OCC[C@H](C)O)cc(-c3cn(C)c4cnc(NC(=O)CN(C(N)=O)c5cc6c(-c7cccc(C8(O)COC8)n7)cn(C7CCOC7)c6cn5)cc34)n2)CCOC1. The van der Waals surface area contributed by atoms with Crippen molar-refractivity contribution in [3.8, 4) is 28.3 Å². The predicted molar refractivity (Wildman–Crippen MR) is 228 cm³/mol. The van der Waals surface area contributed by atoms with E-state index < -0.39 is 35.8 Å². The molecule has 9 heterocycles. The molecule has 18 nitrogen and oxygen atoms in total. The highest BCUT2D eigenvalue weighted by Gasteiger charge is 2.40. The van der Waals surface area contributed by atoms with Crippen LogP contribution in [0, 0.1) is 0 Å². The zero-order valence-electron chi connectivity index (χ0n) is 34.7. The number of nitrogens with two attached hydrogens (primary N) is 1. The lowest BCUT2D eigenvalue weighted by Crippen LogP contribution is -2.47. The number of aryl methyl sites for hydroxylation is 1. The van der Waals surface area contributed by atoms with Gasteiger partial charge in [-0.15, -0.1) is 0 Å². The van der Waals surface area contributed by atoms with Gasteiger partial charge in [-0.2, -0.15) is 0 Å². The highest BCUT2D eigenvalue weighted by Crippen LogP contribution is 2.40. The molecule has 0 aromatic carbocycles. The standard InChI is InChI=1S/C44H49N9O9/c1-26(54)7-11-62-28-13-34(49-38(14-28)44(58-3)9-12-60-25-44)31-19-51(2)35-17-46-39(15-29(31)35)50-41(55)21-53(42(45)56)40-16-30-32(20-52(36(30)18-47-40)27-8-10-59-22-27)33-5-4-6-37(48-33)43(57)23-61-24-43/h4-6,13-20,26-27,54,57H,7-12,21-25H2,1-3H3,(H2,45,56)(H,46,50,55)/t26-,27?,44-/m0/s1. The number of ether oxygens (including phenoxy) is 5. The number of carbonyl (C=O) groups excluding carboxylic acids is 2. The molecule has 18 heteroatoms. The summed E-state index contributed by atoms with van der Waals surface area (Å²) in [6, 6.07) is 11.8. The summed E-state index contributed by atoms with van der Waals surface area (Å²) in [6.45, 7) is 3.89. The third kappa shape index (κ3) is 7.84. The Bertz CT molecular complexity index is 2650. The summed E-state index contributed by atoms with van der Waals surface area (Å²) in [5.41, 5.74) is 9.44. The van der Waals surface area contributed by atoms with Crippen LogP contribution in [0.15, 0.2) is 67.3 Å². The largest absolute Gasteiger partial charge is 0.493 e. The number of nitrogens with zero attached hydrogens (tertiary/aromatic N) is 7. The number of anilines is 2. The molecular formula is C44H49N9O9. The van der Waals surface area contributed by atoms with E-state index in [0.29, 0.717) is 74.4 Å². The smallest absolute Gasteiger partial charge is 0.320 e. The fourth-order valence-electron chi connectivity index (χ4n) is 8.29. The molecular weight excluding hydrogens is 799 g/mol. The van der Waals surface area contributed by atoms with Crippen LogP contribution in [0.3, 0.4) is 0 Å². The number of hydrogen-bond acceptors (Lipinski definition) is 13. The van der Waals surface area contributed by atoms with Crippen LogP contribution < -0.4 is 20.7 Å². The van der Waals surface area contributed by atoms with Crippen LogP contribution >= 0.6 is 0 Å². The summed E-state index contributed by atoms with van der Waals surface area (Å²) < 4.78 is 32.9. The molecule has 3 aliphatic heterocycles. The fourth-order valence-corrected chi connectivity index (χ4v) is 8.29. The minimum absolute atomic E-state index is 0.0547. The summed E-state index contributed by atoms with van der Waals surface area (Å²) in [7, 11) is 3.53. The number of pyridine rings is 4. The van der Waals surface area contributed by atoms with Gasteiger partial charge in [0.25, 0.3) is 0 Å². The first-order valence-electron chi connectivity index (χ1n) is 20.6. The number of aliphatic hydroxyl groups excluding tert-OH is 1. The van der Waals surface area contributed by atoms with Gasteiger partial charge in [0.15, 0.2) is 5.60 Å². The second kappa shape index (κ2) is 16.7. The lowest BCUT2D eigenvalue weighted by molar-refractivity contribution is -0.186. The minimum Gasteiger partial charge on any atom is -0.493 e. The van der Waals surface area contributed by atoms with Crippen molar-refractivity contribution in [2.75, 3.05) is 70.1 Å². The van der Waals surface area contributed by atoms with E-state index in [4.69, 9.17) is 39.4 Å². The van der Waals surface area contributed by atoms with Crippen molar-refractivity contribution in [3.63, 3.8) is 0 Å². The van der Waals surface area contributed by atoms with Gasteiger partial charge in [-0.25, -0.2) is 24.7 Å². The van der Waals surface area contributed by atoms with E-state index in [2.05, 4.69) is 19.9 Å². The Morgan fingerprint density at radius 3 is 2.48 bits per heavy atom. The second-order valence-electron chi connectivity index (χ2n) is 16.2. The number of hydrogen-bond donors (Lipinski definition) is 4. The summed E-state index contributed by atoms with van der Waals surface area (Å²) in [5, 5.41) is 25.2. The van der Waals surface area contributed by atoms with Gasteiger partial charge in [0.2, 0.25) is 5.91 Å². The Morgan fingerprint density at radius 1 is 0.984 bits per heavy atom. The molecule has 6 aromatic rings. The molecule has 5 N–H and O–H groups in total. The highest BCUT2D eigenvalue weighted by molar-refractivity contribution is 6.04. The quantitative estimate of drug-likeness (QED) is 0.121. The first kappa shape index (κ1) is 41.3. The summed E-state index contributed by atoms with van der Waals surface area (Å²) in [5.74, 6) is 0.415. The van der Waals surface area contributed by atoms with E-state index in [-0.39, 0.29) is 30.9 Å². The van der Waals surface area contributed by atoms with Crippen molar-refractivity contribution < 1.29 is 43.5 Å². The van der Waals surface area contributed by atoms with Crippen LogP contribution in [-0.4, -0.2) is 117 Å². The lowest BCUT2D eigenvalue weighted by atomic mass is 9.96. The molecule has 0 saturated carbocycles. The Kier molecular flexibility index (Phi) is 11.1. The fraction of sp³-hybridized carbons (Fsp3) is 0.409. The number of aromatic nitrogens is 6. The van der Waals surface area contributed by atoms with Crippen LogP contribution in [0.1, 0.15) is 43.6 Å². The Labute approximate surface area is 356 Å². The van der Waals surface area contributed by atoms with Gasteiger partial charge in [0, 0.05) is 86.6 Å². The van der Waals surface area contributed by atoms with E-state index in [1.807, 2.05) is 48.3 Å². The van der Waals surface area contributed by atoms with Gasteiger partial charge in [-0.3, -0.25) is 9.69 Å². The lowest BCUT2D eigenvalue weighted by Gasteiger charge is -2.35. The zero-order chi connectivity index (χ0) is 43.2. The molecule has 3 amide bonds. The van der Waals surface area contributed by atoms with Crippen molar-refractivity contribution >= 4 is 45.4 Å². The number of urea groups is 1. The summed E-state index contributed by atoms with van der Waals surface area (Å²) in [4.78, 5) is 47.0. The number of rotatable bonds is 14. The molecule has 0 bridgehead atoms. The van der Waals surface area contributed by atoms with Gasteiger partial charge in [0.1, 0.15) is 29.5 Å². The Balaban J connectivity index is 1.01. The molecule has 0 radical (unpaired) electrons. The van der Waals surface area contributed by atoms with E-state index in [1.165, 1.54) is 0 Å². The Morgan fingerprint density at radius 2 is 1.77 bits per heavy atom. The number of nitrogens with one attached hydrogen (secondary N) is 1. The van der Waals surface area contributed by atoms with Gasteiger partial charge >= 0.3 is 6.03 Å². The molecule has 3 saturated heterocycles. The normalized spacial score (nSPS) is 20.0. The monoisotopic (exact) mass is 847 g/mol. The van der Waals surface area contributed by atoms with Crippen molar-refractivity contribution in [3.05, 3.63) is 78.6 Å². The number of fused-ring (bicyclic) bond motifs is 2. The maximum Gasteiger partial charge on any atom is 0.320 e. The number of methoxy groups -OCH3 is 1. The molecule has 62 heavy (non-hydrogen) atoms. The van der Waals surface area contributed by atoms with Crippen molar-refractivity contribution in [2.24, 2.45) is 12.8 Å². The topological polar surface area (TPSA) is 223 Å². The minimum atomic E-state index is -1.17. The molecule has 3 aliphatic rings.